The molecule has 1 aromatic carbocycles. The van der Waals surface area contributed by atoms with Crippen LogP contribution in [0, 0.1) is 0 Å². The van der Waals surface area contributed by atoms with Gasteiger partial charge in [0.05, 0.1) is 0 Å². The standard InChI is InChI=1S/C11H13Cl/c1-9(2)11-5-3-10(4-6-11)7-8-12/h3-6H,1,7-8H2,2H3. The maximum Gasteiger partial charge on any atom is 0.0263 e. The summed E-state index contributed by atoms with van der Waals surface area (Å²) >= 11 is 5.62. The Hall–Kier alpha value is -0.750. The third-order valence-electron chi connectivity index (χ3n) is 1.83. The average molecular weight is 181 g/mol. The summed E-state index contributed by atoms with van der Waals surface area (Å²) in [6.45, 7) is 5.89. The topological polar surface area (TPSA) is 0 Å². The van der Waals surface area contributed by atoms with Crippen molar-refractivity contribution >= 4 is 17.2 Å². The quantitative estimate of drug-likeness (QED) is 0.625. The van der Waals surface area contributed by atoms with Crippen molar-refractivity contribution < 1.29 is 0 Å². The van der Waals surface area contributed by atoms with Crippen molar-refractivity contribution in [1.82, 2.24) is 0 Å². The molecule has 0 nitrogen and oxygen atoms in total. The predicted molar refractivity (Wildman–Crippen MR) is 55.6 cm³/mol. The first-order valence-electron chi connectivity index (χ1n) is 4.05. The molecule has 0 aliphatic carbocycles. The van der Waals surface area contributed by atoms with Gasteiger partial charge in [-0.05, 0) is 24.5 Å². The second-order valence-electron chi connectivity index (χ2n) is 2.92. The van der Waals surface area contributed by atoms with Crippen LogP contribution in [-0.2, 0) is 6.42 Å². The van der Waals surface area contributed by atoms with Gasteiger partial charge in [0, 0.05) is 5.88 Å². The monoisotopic (exact) mass is 180 g/mol. The number of hydrogen-bond acceptors (Lipinski definition) is 0. The van der Waals surface area contributed by atoms with E-state index in [-0.39, 0.29) is 0 Å². The van der Waals surface area contributed by atoms with Gasteiger partial charge in [0.15, 0.2) is 0 Å². The highest BCUT2D eigenvalue weighted by Gasteiger charge is 1.93. The molecule has 0 saturated heterocycles. The van der Waals surface area contributed by atoms with Crippen LogP contribution >= 0.6 is 11.6 Å². The first-order chi connectivity index (χ1) is 5.74. The minimum atomic E-state index is 0.687. The van der Waals surface area contributed by atoms with E-state index in [0.717, 1.165) is 12.0 Å². The molecule has 1 rings (SSSR count). The van der Waals surface area contributed by atoms with Crippen LogP contribution in [0.2, 0.25) is 0 Å². The highest BCUT2D eigenvalue weighted by molar-refractivity contribution is 6.17. The number of halogens is 1. The summed E-state index contributed by atoms with van der Waals surface area (Å²) in [5.74, 6) is 0.687. The van der Waals surface area contributed by atoms with Crippen LogP contribution in [0.15, 0.2) is 30.8 Å². The van der Waals surface area contributed by atoms with Gasteiger partial charge in [-0.3, -0.25) is 0 Å². The SMILES string of the molecule is C=C(C)c1ccc(CCCl)cc1. The van der Waals surface area contributed by atoms with E-state index in [1.807, 2.05) is 6.92 Å². The molecule has 0 saturated carbocycles. The fourth-order valence-electron chi connectivity index (χ4n) is 1.07. The molecule has 0 aliphatic heterocycles. The third kappa shape index (κ3) is 2.38. The lowest BCUT2D eigenvalue weighted by Gasteiger charge is -2.01. The van der Waals surface area contributed by atoms with Crippen LogP contribution in [0.1, 0.15) is 18.1 Å². The van der Waals surface area contributed by atoms with Crippen LogP contribution in [0.5, 0.6) is 0 Å². The number of rotatable bonds is 3. The molecule has 0 N–H and O–H groups in total. The lowest BCUT2D eigenvalue weighted by molar-refractivity contribution is 1.15. The van der Waals surface area contributed by atoms with Crippen molar-refractivity contribution in [2.75, 3.05) is 5.88 Å². The molecule has 0 atom stereocenters. The molecule has 0 aliphatic rings. The molecule has 0 heterocycles. The van der Waals surface area contributed by atoms with Crippen molar-refractivity contribution in [3.8, 4) is 0 Å². The van der Waals surface area contributed by atoms with E-state index < -0.39 is 0 Å². The molecule has 0 unspecified atom stereocenters. The van der Waals surface area contributed by atoms with Gasteiger partial charge in [0.1, 0.15) is 0 Å². The van der Waals surface area contributed by atoms with Gasteiger partial charge in [-0.25, -0.2) is 0 Å². The largest absolute Gasteiger partial charge is 0.126 e. The van der Waals surface area contributed by atoms with Gasteiger partial charge in [-0.1, -0.05) is 36.4 Å². The second-order valence-corrected chi connectivity index (χ2v) is 3.29. The molecule has 0 fully saturated rings. The Morgan fingerprint density at radius 3 is 2.33 bits per heavy atom. The summed E-state index contributed by atoms with van der Waals surface area (Å²) in [6, 6.07) is 8.38. The minimum absolute atomic E-state index is 0.687. The van der Waals surface area contributed by atoms with Crippen molar-refractivity contribution in [3.05, 3.63) is 42.0 Å². The maximum absolute atomic E-state index is 5.62. The lowest BCUT2D eigenvalue weighted by atomic mass is 10.1. The molecule has 0 aromatic heterocycles. The zero-order chi connectivity index (χ0) is 8.97. The van der Waals surface area contributed by atoms with Crippen molar-refractivity contribution in [2.45, 2.75) is 13.3 Å². The molecule has 1 aromatic rings. The second kappa shape index (κ2) is 4.32. The highest BCUT2D eigenvalue weighted by atomic mass is 35.5. The summed E-state index contributed by atoms with van der Waals surface area (Å²) < 4.78 is 0. The lowest BCUT2D eigenvalue weighted by Crippen LogP contribution is -1.86. The van der Waals surface area contributed by atoms with Gasteiger partial charge in [0.2, 0.25) is 0 Å². The molecule has 1 heteroatoms. The van der Waals surface area contributed by atoms with Crippen LogP contribution in [-0.4, -0.2) is 5.88 Å². The number of hydrogen-bond donors (Lipinski definition) is 0. The van der Waals surface area contributed by atoms with E-state index >= 15 is 0 Å². The Labute approximate surface area is 78.9 Å². The molecular formula is C11H13Cl. The van der Waals surface area contributed by atoms with E-state index in [2.05, 4.69) is 30.8 Å². The first-order valence-corrected chi connectivity index (χ1v) is 4.58. The van der Waals surface area contributed by atoms with Crippen molar-refractivity contribution in [2.24, 2.45) is 0 Å². The molecule has 0 spiro atoms. The number of aryl methyl sites for hydroxylation is 1. The number of allylic oxidation sites excluding steroid dienone is 1. The van der Waals surface area contributed by atoms with E-state index in [9.17, 15) is 0 Å². The summed E-state index contributed by atoms with van der Waals surface area (Å²) in [4.78, 5) is 0. The fraction of sp³-hybridized carbons (Fsp3) is 0.273. The van der Waals surface area contributed by atoms with Crippen molar-refractivity contribution in [1.29, 1.82) is 0 Å². The normalized spacial score (nSPS) is 9.83. The predicted octanol–water partition coefficient (Wildman–Crippen LogP) is 3.50. The first kappa shape index (κ1) is 9.34. The van der Waals surface area contributed by atoms with Crippen LogP contribution in [0.3, 0.4) is 0 Å². The average Bonchev–Trinajstić information content (AvgIpc) is 2.06. The van der Waals surface area contributed by atoms with Gasteiger partial charge in [-0.15, -0.1) is 11.6 Å². The van der Waals surface area contributed by atoms with E-state index in [1.165, 1.54) is 11.1 Å². The highest BCUT2D eigenvalue weighted by Crippen LogP contribution is 2.12. The molecule has 64 valence electrons. The third-order valence-corrected chi connectivity index (χ3v) is 2.02. The van der Waals surface area contributed by atoms with Crippen molar-refractivity contribution in [3.63, 3.8) is 0 Å². The zero-order valence-electron chi connectivity index (χ0n) is 7.31. The number of alkyl halides is 1. The molecule has 0 radical (unpaired) electrons. The Morgan fingerprint density at radius 2 is 1.92 bits per heavy atom. The number of benzene rings is 1. The van der Waals surface area contributed by atoms with Gasteiger partial charge >= 0.3 is 0 Å². The van der Waals surface area contributed by atoms with Gasteiger partial charge in [0.25, 0.3) is 0 Å². The summed E-state index contributed by atoms with van der Waals surface area (Å²) in [5, 5.41) is 0. The summed E-state index contributed by atoms with van der Waals surface area (Å²) in [7, 11) is 0. The fourth-order valence-corrected chi connectivity index (χ4v) is 1.28. The van der Waals surface area contributed by atoms with Crippen LogP contribution in [0.25, 0.3) is 5.57 Å². The minimum Gasteiger partial charge on any atom is -0.126 e. The van der Waals surface area contributed by atoms with Crippen LogP contribution in [0.4, 0.5) is 0 Å². The Bertz CT molecular complexity index is 259. The molecule has 12 heavy (non-hydrogen) atoms. The van der Waals surface area contributed by atoms with E-state index in [1.54, 1.807) is 0 Å². The summed E-state index contributed by atoms with van der Waals surface area (Å²) in [6.07, 6.45) is 0.942. The van der Waals surface area contributed by atoms with Gasteiger partial charge < -0.3 is 0 Å². The zero-order valence-corrected chi connectivity index (χ0v) is 8.06. The van der Waals surface area contributed by atoms with Crippen LogP contribution < -0.4 is 0 Å². The molecular weight excluding hydrogens is 168 g/mol. The Kier molecular flexibility index (Phi) is 3.36. The molecule has 0 bridgehead atoms. The Morgan fingerprint density at radius 1 is 1.33 bits per heavy atom. The van der Waals surface area contributed by atoms with Gasteiger partial charge in [-0.2, -0.15) is 0 Å². The molecule has 0 amide bonds. The summed E-state index contributed by atoms with van der Waals surface area (Å²) in [5.41, 5.74) is 3.59. The maximum atomic E-state index is 5.62. The van der Waals surface area contributed by atoms with E-state index in [0.29, 0.717) is 5.88 Å². The smallest absolute Gasteiger partial charge is 0.0263 e. The van der Waals surface area contributed by atoms with E-state index in [4.69, 9.17) is 11.6 Å². The Balaban J connectivity index is 2.78.